The summed E-state index contributed by atoms with van der Waals surface area (Å²) in [6.07, 6.45) is 5.76. The van der Waals surface area contributed by atoms with Crippen LogP contribution in [0, 0.1) is 18.5 Å². The third-order valence-corrected chi connectivity index (χ3v) is 11.1. The largest absolute Gasteiger partial charge is 0.510 e. The second-order valence-electron chi connectivity index (χ2n) is 19.9. The van der Waals surface area contributed by atoms with E-state index >= 15 is 0 Å². The van der Waals surface area contributed by atoms with Crippen LogP contribution in [0.4, 0.5) is 0 Å². The van der Waals surface area contributed by atoms with Gasteiger partial charge in [0.15, 0.2) is 0 Å². The third kappa shape index (κ3) is 8.26. The molecule has 0 aliphatic heterocycles. The van der Waals surface area contributed by atoms with Gasteiger partial charge >= 0.3 is 0 Å². The van der Waals surface area contributed by atoms with Crippen molar-refractivity contribution in [2.24, 2.45) is 0 Å². The van der Waals surface area contributed by atoms with Crippen LogP contribution in [-0.2, 0) is 42.7 Å². The Kier molecular flexibility index (Phi) is 11.2. The number of hydrogen-bond donors (Lipinski definition) is 0. The fourth-order valence-electron chi connectivity index (χ4n) is 8.04. The molecule has 8 rings (SSSR count). The van der Waals surface area contributed by atoms with Crippen LogP contribution in [0.1, 0.15) is 106 Å². The summed E-state index contributed by atoms with van der Waals surface area (Å²) < 4.78 is 13.5. The predicted octanol–water partition coefficient (Wildman–Crippen LogP) is 13.3. The zero-order valence-corrected chi connectivity index (χ0v) is 39.3. The van der Waals surface area contributed by atoms with Crippen molar-refractivity contribution in [1.82, 2.24) is 14.1 Å². The van der Waals surface area contributed by atoms with E-state index in [4.69, 9.17) is 9.72 Å². The molecule has 310 valence electrons. The number of imidazole rings is 1. The van der Waals surface area contributed by atoms with Crippen molar-refractivity contribution in [1.29, 1.82) is 0 Å². The number of rotatable bonds is 6. The van der Waals surface area contributed by atoms with E-state index < -0.39 is 0 Å². The molecule has 3 heterocycles. The molecule has 3 aromatic heterocycles. The van der Waals surface area contributed by atoms with E-state index in [0.29, 0.717) is 11.5 Å². The Balaban J connectivity index is 0.00000544. The molecular weight excluding hydrogens is 916 g/mol. The summed E-state index contributed by atoms with van der Waals surface area (Å²) in [6, 6.07) is 48.0. The van der Waals surface area contributed by atoms with E-state index in [1.807, 2.05) is 12.3 Å². The van der Waals surface area contributed by atoms with E-state index in [-0.39, 0.29) is 42.7 Å². The quantitative estimate of drug-likeness (QED) is 0.123. The normalized spacial score (nSPS) is 12.5. The molecule has 0 radical (unpaired) electrons. The van der Waals surface area contributed by atoms with Gasteiger partial charge in [-0.2, -0.15) is 17.7 Å². The monoisotopic (exact) mass is 971 g/mol. The predicted molar refractivity (Wildman–Crippen MR) is 243 cm³/mol. The van der Waals surface area contributed by atoms with E-state index in [0.717, 1.165) is 50.1 Å². The van der Waals surface area contributed by atoms with Crippen molar-refractivity contribution in [3.63, 3.8) is 0 Å². The molecule has 0 bridgehead atoms. The maximum Gasteiger partial charge on any atom is 0.267 e. The molecule has 0 atom stereocenters. The molecule has 8 aromatic rings. The molecule has 0 fully saturated rings. The Morgan fingerprint density at radius 3 is 1.93 bits per heavy atom. The van der Waals surface area contributed by atoms with Crippen LogP contribution in [0.3, 0.4) is 0 Å². The second kappa shape index (κ2) is 15.7. The minimum Gasteiger partial charge on any atom is -0.510 e. The topological polar surface area (TPSA) is 35.9 Å². The van der Waals surface area contributed by atoms with E-state index in [1.165, 1.54) is 22.5 Å². The van der Waals surface area contributed by atoms with Crippen LogP contribution < -0.4 is 9.30 Å². The summed E-state index contributed by atoms with van der Waals surface area (Å²) in [5, 5.41) is 2.24. The van der Waals surface area contributed by atoms with Gasteiger partial charge in [-0.3, -0.25) is 4.57 Å². The van der Waals surface area contributed by atoms with Gasteiger partial charge in [0.2, 0.25) is 0 Å². The SMILES string of the molecule is CC(C)(C)c1cc(Oc2[c-]c3c(cc2)c2ccccc2n3-c2cc(C(C)(C)C)ccn2)[c-]c(-n2[c-][n+](-c3cccc(-c4ccccc4)c3)c(C(C)(C)C)c2C(C)(C)C)c1.[Pt]. The summed E-state index contributed by atoms with van der Waals surface area (Å²) >= 11 is 0. The molecule has 5 aromatic carbocycles. The first-order chi connectivity index (χ1) is 27.8. The zero-order chi connectivity index (χ0) is 42.1. The van der Waals surface area contributed by atoms with Crippen LogP contribution in [0.5, 0.6) is 11.5 Å². The zero-order valence-electron chi connectivity index (χ0n) is 37.1. The maximum atomic E-state index is 6.85. The van der Waals surface area contributed by atoms with Crippen molar-refractivity contribution in [2.45, 2.75) is 105 Å². The van der Waals surface area contributed by atoms with Gasteiger partial charge in [-0.1, -0.05) is 149 Å². The van der Waals surface area contributed by atoms with Crippen LogP contribution in [0.2, 0.25) is 0 Å². The summed E-state index contributed by atoms with van der Waals surface area (Å²) in [7, 11) is 0. The molecule has 0 saturated carbocycles. The van der Waals surface area contributed by atoms with Crippen LogP contribution in [0.15, 0.2) is 121 Å². The van der Waals surface area contributed by atoms with Crippen LogP contribution in [0.25, 0.3) is 50.1 Å². The van der Waals surface area contributed by atoms with Gasteiger partial charge in [0, 0.05) is 44.3 Å². The van der Waals surface area contributed by atoms with Gasteiger partial charge in [0.25, 0.3) is 6.33 Å². The van der Waals surface area contributed by atoms with Crippen molar-refractivity contribution < 1.29 is 30.4 Å². The first kappa shape index (κ1) is 42.9. The molecule has 0 spiro atoms. The average Bonchev–Trinajstić information content (AvgIpc) is 3.76. The number of aromatic nitrogens is 4. The minimum absolute atomic E-state index is 0. The van der Waals surface area contributed by atoms with Crippen molar-refractivity contribution in [3.8, 4) is 39.8 Å². The maximum absolute atomic E-state index is 6.85. The molecule has 0 saturated heterocycles. The number of hydrogen-bond acceptors (Lipinski definition) is 2. The van der Waals surface area contributed by atoms with Crippen molar-refractivity contribution in [2.75, 3.05) is 0 Å². The number of fused-ring (bicyclic) bond motifs is 3. The van der Waals surface area contributed by atoms with Gasteiger partial charge in [0.05, 0.1) is 17.1 Å². The summed E-state index contributed by atoms with van der Waals surface area (Å²) in [6.45, 7) is 27.1. The number of para-hydroxylation sites is 1. The Morgan fingerprint density at radius 2 is 1.25 bits per heavy atom. The third-order valence-electron chi connectivity index (χ3n) is 11.1. The van der Waals surface area contributed by atoms with Crippen molar-refractivity contribution >= 4 is 21.8 Å². The van der Waals surface area contributed by atoms with Gasteiger partial charge in [-0.15, -0.1) is 29.7 Å². The molecule has 0 unspecified atom stereocenters. The minimum atomic E-state index is -0.238. The van der Waals surface area contributed by atoms with Gasteiger partial charge in [0.1, 0.15) is 5.82 Å². The molecule has 60 heavy (non-hydrogen) atoms. The molecule has 5 nitrogen and oxygen atoms in total. The fraction of sp³-hybridized carbons (Fsp3) is 0.296. The Hall–Kier alpha value is -5.25. The number of ether oxygens (including phenoxy) is 1. The van der Waals surface area contributed by atoms with Crippen LogP contribution >= 0.6 is 0 Å². The molecule has 0 amide bonds. The first-order valence-electron chi connectivity index (χ1n) is 20.7. The standard InChI is InChI=1S/C54H56N4O.Pt/c1-51(2,3)38-27-28-55-48(32-38)58-46-24-17-16-23-44(46)45-26-25-42(34-47(45)58)59-43-31-39(52(4,5)6)30-41(33-43)57-35-56(49(53(7,8)9)50(57)54(10,11)12)40-22-18-21-37(29-40)36-19-14-13-15-20-36;/h13-32H,1-12H3;/q-2;. The molecule has 0 aliphatic rings. The number of benzene rings is 5. The summed E-state index contributed by atoms with van der Waals surface area (Å²) in [5.74, 6) is 2.09. The van der Waals surface area contributed by atoms with E-state index in [1.54, 1.807) is 0 Å². The van der Waals surface area contributed by atoms with Crippen LogP contribution in [-0.4, -0.2) is 14.1 Å². The summed E-state index contributed by atoms with van der Waals surface area (Å²) in [5.41, 5.74) is 10.3. The molecular formula is C54H56N4OPt-2. The number of pyridine rings is 1. The smallest absolute Gasteiger partial charge is 0.267 e. The Bertz CT molecular complexity index is 2840. The van der Waals surface area contributed by atoms with Gasteiger partial charge in [-0.25, -0.2) is 4.98 Å². The Labute approximate surface area is 371 Å². The summed E-state index contributed by atoms with van der Waals surface area (Å²) in [4.78, 5) is 4.88. The average molecular weight is 972 g/mol. The van der Waals surface area contributed by atoms with E-state index in [2.05, 4.69) is 224 Å². The van der Waals surface area contributed by atoms with E-state index in [9.17, 15) is 0 Å². The van der Waals surface area contributed by atoms with Gasteiger partial charge in [-0.05, 0) is 79.8 Å². The number of nitrogens with zero attached hydrogens (tertiary/aromatic N) is 4. The Morgan fingerprint density at radius 1 is 0.567 bits per heavy atom. The van der Waals surface area contributed by atoms with Crippen molar-refractivity contribution in [3.05, 3.63) is 162 Å². The second-order valence-corrected chi connectivity index (χ2v) is 19.9. The van der Waals surface area contributed by atoms with Gasteiger partial charge < -0.3 is 13.9 Å². The fourth-order valence-corrected chi connectivity index (χ4v) is 8.04. The molecule has 6 heteroatoms. The molecule has 0 aliphatic carbocycles. The first-order valence-corrected chi connectivity index (χ1v) is 20.7. The molecule has 0 N–H and O–H groups in total.